The first-order valence-corrected chi connectivity index (χ1v) is 5.33. The summed E-state index contributed by atoms with van der Waals surface area (Å²) in [6.07, 6.45) is 0.192. The van der Waals surface area contributed by atoms with E-state index in [0.29, 0.717) is 6.54 Å². The van der Waals surface area contributed by atoms with Crippen molar-refractivity contribution in [2.45, 2.75) is 20.3 Å². The SMILES string of the molecule is Cc1csc(NCC(C)CC(=O)O)n1. The average Bonchev–Trinajstić information content (AvgIpc) is 2.47. The molecule has 2 N–H and O–H groups in total. The summed E-state index contributed by atoms with van der Waals surface area (Å²) in [6.45, 7) is 4.49. The van der Waals surface area contributed by atoms with Gasteiger partial charge in [0.15, 0.2) is 5.13 Å². The number of hydrogen-bond donors (Lipinski definition) is 2. The van der Waals surface area contributed by atoms with Gasteiger partial charge in [-0.25, -0.2) is 4.98 Å². The number of carbonyl (C=O) groups is 1. The summed E-state index contributed by atoms with van der Waals surface area (Å²) in [5.41, 5.74) is 0.989. The molecule has 0 spiro atoms. The Bertz CT molecular complexity index is 312. The van der Waals surface area contributed by atoms with Gasteiger partial charge < -0.3 is 10.4 Å². The van der Waals surface area contributed by atoms with Crippen molar-refractivity contribution in [2.24, 2.45) is 5.92 Å². The number of carboxylic acid groups (broad SMARTS) is 1. The highest BCUT2D eigenvalue weighted by atomic mass is 32.1. The van der Waals surface area contributed by atoms with Crippen LogP contribution in [0.4, 0.5) is 5.13 Å². The molecule has 0 aliphatic heterocycles. The van der Waals surface area contributed by atoms with Crippen LogP contribution >= 0.6 is 11.3 Å². The predicted molar refractivity (Wildman–Crippen MR) is 56.8 cm³/mol. The molecule has 1 atom stereocenters. The lowest BCUT2D eigenvalue weighted by Crippen LogP contribution is -2.14. The van der Waals surface area contributed by atoms with E-state index in [9.17, 15) is 4.79 Å². The van der Waals surface area contributed by atoms with E-state index in [0.717, 1.165) is 10.8 Å². The van der Waals surface area contributed by atoms with E-state index in [1.54, 1.807) is 11.3 Å². The van der Waals surface area contributed by atoms with Gasteiger partial charge in [-0.1, -0.05) is 6.92 Å². The summed E-state index contributed by atoms with van der Waals surface area (Å²) >= 11 is 1.54. The summed E-state index contributed by atoms with van der Waals surface area (Å²) in [7, 11) is 0. The predicted octanol–water partition coefficient (Wildman–Crippen LogP) is 1.97. The van der Waals surface area contributed by atoms with Crippen molar-refractivity contribution in [3.63, 3.8) is 0 Å². The van der Waals surface area contributed by atoms with Crippen LogP contribution in [0.15, 0.2) is 5.38 Å². The van der Waals surface area contributed by atoms with E-state index in [-0.39, 0.29) is 12.3 Å². The first-order chi connectivity index (χ1) is 6.58. The number of anilines is 1. The fourth-order valence-corrected chi connectivity index (χ4v) is 1.77. The van der Waals surface area contributed by atoms with Crippen LogP contribution in [0, 0.1) is 12.8 Å². The molecular formula is C9H14N2O2S. The molecule has 0 amide bonds. The molecule has 0 fully saturated rings. The van der Waals surface area contributed by atoms with Gasteiger partial charge in [0.2, 0.25) is 0 Å². The lowest BCUT2D eigenvalue weighted by atomic mass is 10.1. The molecule has 78 valence electrons. The topological polar surface area (TPSA) is 62.2 Å². The van der Waals surface area contributed by atoms with Crippen molar-refractivity contribution in [1.29, 1.82) is 0 Å². The Balaban J connectivity index is 2.30. The maximum absolute atomic E-state index is 10.4. The van der Waals surface area contributed by atoms with Crippen LogP contribution in [0.1, 0.15) is 19.0 Å². The molecule has 0 aliphatic rings. The molecular weight excluding hydrogens is 200 g/mol. The fourth-order valence-electron chi connectivity index (χ4n) is 1.07. The van der Waals surface area contributed by atoms with Crippen molar-refractivity contribution in [3.05, 3.63) is 11.1 Å². The van der Waals surface area contributed by atoms with E-state index >= 15 is 0 Å². The molecule has 14 heavy (non-hydrogen) atoms. The molecule has 0 aliphatic carbocycles. The highest BCUT2D eigenvalue weighted by molar-refractivity contribution is 7.13. The van der Waals surface area contributed by atoms with Gasteiger partial charge in [-0.15, -0.1) is 11.3 Å². The average molecular weight is 214 g/mol. The number of rotatable bonds is 5. The van der Waals surface area contributed by atoms with Gasteiger partial charge in [0.1, 0.15) is 0 Å². The molecule has 1 aromatic heterocycles. The van der Waals surface area contributed by atoms with Crippen LogP contribution in [0.25, 0.3) is 0 Å². The molecule has 4 nitrogen and oxygen atoms in total. The van der Waals surface area contributed by atoms with E-state index in [1.165, 1.54) is 0 Å². The lowest BCUT2D eigenvalue weighted by Gasteiger charge is -2.08. The first-order valence-electron chi connectivity index (χ1n) is 4.45. The van der Waals surface area contributed by atoms with Crippen LogP contribution < -0.4 is 5.32 Å². The van der Waals surface area contributed by atoms with Crippen molar-refractivity contribution in [2.75, 3.05) is 11.9 Å². The molecule has 1 unspecified atom stereocenters. The Kier molecular flexibility index (Phi) is 3.88. The fraction of sp³-hybridized carbons (Fsp3) is 0.556. The zero-order chi connectivity index (χ0) is 10.6. The largest absolute Gasteiger partial charge is 0.481 e. The van der Waals surface area contributed by atoms with Gasteiger partial charge in [0.25, 0.3) is 0 Å². The number of carboxylic acids is 1. The lowest BCUT2D eigenvalue weighted by molar-refractivity contribution is -0.137. The molecule has 0 saturated heterocycles. The minimum atomic E-state index is -0.755. The monoisotopic (exact) mass is 214 g/mol. The molecule has 1 aromatic rings. The minimum Gasteiger partial charge on any atom is -0.481 e. The zero-order valence-electron chi connectivity index (χ0n) is 8.28. The quantitative estimate of drug-likeness (QED) is 0.786. The van der Waals surface area contributed by atoms with Gasteiger partial charge in [0, 0.05) is 18.3 Å². The molecule has 0 aromatic carbocycles. The van der Waals surface area contributed by atoms with Crippen LogP contribution in [0.2, 0.25) is 0 Å². The van der Waals surface area contributed by atoms with E-state index in [2.05, 4.69) is 10.3 Å². The first kappa shape index (κ1) is 11.0. The van der Waals surface area contributed by atoms with Gasteiger partial charge in [-0.05, 0) is 12.8 Å². The number of hydrogen-bond acceptors (Lipinski definition) is 4. The highest BCUT2D eigenvalue weighted by Crippen LogP contribution is 2.15. The van der Waals surface area contributed by atoms with Gasteiger partial charge in [-0.3, -0.25) is 4.79 Å². The van der Waals surface area contributed by atoms with Gasteiger partial charge >= 0.3 is 5.97 Å². The van der Waals surface area contributed by atoms with Gasteiger partial charge in [0.05, 0.1) is 5.69 Å². The number of aromatic nitrogens is 1. The third kappa shape index (κ3) is 3.74. The molecule has 5 heteroatoms. The highest BCUT2D eigenvalue weighted by Gasteiger charge is 2.07. The Morgan fingerprint density at radius 2 is 2.50 bits per heavy atom. The van der Waals surface area contributed by atoms with Crippen molar-refractivity contribution in [3.8, 4) is 0 Å². The number of aliphatic carboxylic acids is 1. The molecule has 1 rings (SSSR count). The Hall–Kier alpha value is -1.10. The van der Waals surface area contributed by atoms with Crippen LogP contribution in [-0.4, -0.2) is 22.6 Å². The summed E-state index contributed by atoms with van der Waals surface area (Å²) < 4.78 is 0. The Morgan fingerprint density at radius 1 is 1.79 bits per heavy atom. The molecule has 0 bridgehead atoms. The van der Waals surface area contributed by atoms with Crippen molar-refractivity contribution >= 4 is 22.4 Å². The number of thiazole rings is 1. The molecule has 0 saturated carbocycles. The third-order valence-electron chi connectivity index (χ3n) is 1.74. The number of aryl methyl sites for hydroxylation is 1. The smallest absolute Gasteiger partial charge is 0.303 e. The third-order valence-corrected chi connectivity index (χ3v) is 2.66. The summed E-state index contributed by atoms with van der Waals surface area (Å²) in [5.74, 6) is -0.633. The number of nitrogens with one attached hydrogen (secondary N) is 1. The minimum absolute atomic E-state index is 0.122. The standard InChI is InChI=1S/C9H14N2O2S/c1-6(3-8(12)13)4-10-9-11-7(2)5-14-9/h5-6H,3-4H2,1-2H3,(H,10,11)(H,12,13). The van der Waals surface area contributed by atoms with Crippen LogP contribution in [0.3, 0.4) is 0 Å². The maximum atomic E-state index is 10.4. The van der Waals surface area contributed by atoms with E-state index in [1.807, 2.05) is 19.2 Å². The Labute approximate surface area is 87.0 Å². The number of nitrogens with zero attached hydrogens (tertiary/aromatic N) is 1. The summed E-state index contributed by atoms with van der Waals surface area (Å²) in [5, 5.41) is 14.5. The van der Waals surface area contributed by atoms with E-state index in [4.69, 9.17) is 5.11 Å². The van der Waals surface area contributed by atoms with Crippen molar-refractivity contribution < 1.29 is 9.90 Å². The zero-order valence-corrected chi connectivity index (χ0v) is 9.10. The maximum Gasteiger partial charge on any atom is 0.303 e. The van der Waals surface area contributed by atoms with E-state index < -0.39 is 5.97 Å². The molecule has 1 heterocycles. The second-order valence-corrected chi connectivity index (χ2v) is 4.24. The summed E-state index contributed by atoms with van der Waals surface area (Å²) in [4.78, 5) is 14.6. The van der Waals surface area contributed by atoms with Gasteiger partial charge in [-0.2, -0.15) is 0 Å². The second kappa shape index (κ2) is 4.95. The van der Waals surface area contributed by atoms with Crippen LogP contribution in [0.5, 0.6) is 0 Å². The van der Waals surface area contributed by atoms with Crippen molar-refractivity contribution in [1.82, 2.24) is 4.98 Å². The second-order valence-electron chi connectivity index (χ2n) is 3.38. The summed E-state index contributed by atoms with van der Waals surface area (Å²) in [6, 6.07) is 0. The van der Waals surface area contributed by atoms with Crippen LogP contribution in [-0.2, 0) is 4.79 Å². The molecule has 0 radical (unpaired) electrons. The Morgan fingerprint density at radius 3 is 3.00 bits per heavy atom. The normalized spacial score (nSPS) is 12.4.